The molecule has 0 N–H and O–H groups in total. The summed E-state index contributed by atoms with van der Waals surface area (Å²) in [5.41, 5.74) is -0.0566. The zero-order valence-corrected chi connectivity index (χ0v) is 12.2. The van der Waals surface area contributed by atoms with E-state index in [2.05, 4.69) is 20.7 Å². The standard InChI is InChI=1S/C15H10BrF3O2/c16-12-8-6-10(7-9-12)13(15(17,18)19)21-14(20)11-4-2-1-3-5-11/h1-9,13H. The van der Waals surface area contributed by atoms with Crippen molar-refractivity contribution in [1.29, 1.82) is 0 Å². The second-order valence-corrected chi connectivity index (χ2v) is 5.16. The molecular formula is C15H10BrF3O2. The molecule has 0 saturated heterocycles. The summed E-state index contributed by atoms with van der Waals surface area (Å²) in [5, 5.41) is 0. The summed E-state index contributed by atoms with van der Waals surface area (Å²) in [5.74, 6) is -1.01. The van der Waals surface area contributed by atoms with E-state index in [9.17, 15) is 18.0 Å². The molecule has 0 aliphatic heterocycles. The molecule has 2 nitrogen and oxygen atoms in total. The van der Waals surface area contributed by atoms with Crippen molar-refractivity contribution in [2.24, 2.45) is 0 Å². The quantitative estimate of drug-likeness (QED) is 0.728. The van der Waals surface area contributed by atoms with Crippen molar-refractivity contribution in [3.8, 4) is 0 Å². The highest BCUT2D eigenvalue weighted by atomic mass is 79.9. The fourth-order valence-electron chi connectivity index (χ4n) is 1.71. The summed E-state index contributed by atoms with van der Waals surface area (Å²) in [6.45, 7) is 0. The smallest absolute Gasteiger partial charge is 0.429 e. The van der Waals surface area contributed by atoms with Crippen LogP contribution in [0.2, 0.25) is 0 Å². The molecule has 2 aromatic carbocycles. The van der Waals surface area contributed by atoms with Crippen LogP contribution in [0.15, 0.2) is 59.1 Å². The third-order valence-electron chi connectivity index (χ3n) is 2.70. The first-order chi connectivity index (χ1) is 9.88. The first-order valence-corrected chi connectivity index (χ1v) is 6.75. The highest BCUT2D eigenvalue weighted by Crippen LogP contribution is 2.36. The number of carbonyl (C=O) groups is 1. The molecule has 0 bridgehead atoms. The fourth-order valence-corrected chi connectivity index (χ4v) is 1.98. The third kappa shape index (κ3) is 4.07. The van der Waals surface area contributed by atoms with E-state index < -0.39 is 18.2 Å². The van der Waals surface area contributed by atoms with Gasteiger partial charge in [-0.05, 0) is 24.3 Å². The molecule has 2 aromatic rings. The molecule has 0 aliphatic rings. The second-order valence-electron chi connectivity index (χ2n) is 4.24. The van der Waals surface area contributed by atoms with Gasteiger partial charge in [-0.1, -0.05) is 46.3 Å². The van der Waals surface area contributed by atoms with Crippen LogP contribution in [0.1, 0.15) is 22.0 Å². The summed E-state index contributed by atoms with van der Waals surface area (Å²) in [4.78, 5) is 11.8. The lowest BCUT2D eigenvalue weighted by Crippen LogP contribution is -2.26. The Bertz CT molecular complexity index is 609. The van der Waals surface area contributed by atoms with E-state index in [-0.39, 0.29) is 11.1 Å². The lowest BCUT2D eigenvalue weighted by Gasteiger charge is -2.21. The Morgan fingerprint density at radius 1 is 1.00 bits per heavy atom. The lowest BCUT2D eigenvalue weighted by molar-refractivity contribution is -0.207. The maximum Gasteiger partial charge on any atom is 0.429 e. The van der Waals surface area contributed by atoms with E-state index >= 15 is 0 Å². The average Bonchev–Trinajstić information content (AvgIpc) is 2.45. The fraction of sp³-hybridized carbons (Fsp3) is 0.133. The van der Waals surface area contributed by atoms with Crippen LogP contribution in [0, 0.1) is 0 Å². The summed E-state index contributed by atoms with van der Waals surface area (Å²) >= 11 is 3.14. The van der Waals surface area contributed by atoms with Crippen molar-refractivity contribution in [2.45, 2.75) is 12.3 Å². The summed E-state index contributed by atoms with van der Waals surface area (Å²) < 4.78 is 44.6. The van der Waals surface area contributed by atoms with E-state index in [4.69, 9.17) is 0 Å². The molecule has 21 heavy (non-hydrogen) atoms. The number of rotatable bonds is 3. The zero-order valence-electron chi connectivity index (χ0n) is 10.6. The van der Waals surface area contributed by atoms with Crippen LogP contribution in [0.4, 0.5) is 13.2 Å². The molecule has 0 radical (unpaired) electrons. The van der Waals surface area contributed by atoms with Gasteiger partial charge in [0.15, 0.2) is 0 Å². The Balaban J connectivity index is 2.26. The number of alkyl halides is 3. The van der Waals surface area contributed by atoms with Crippen LogP contribution in [-0.2, 0) is 4.74 Å². The van der Waals surface area contributed by atoms with Gasteiger partial charge in [0.05, 0.1) is 5.56 Å². The lowest BCUT2D eigenvalue weighted by atomic mass is 10.1. The monoisotopic (exact) mass is 358 g/mol. The van der Waals surface area contributed by atoms with Crippen molar-refractivity contribution < 1.29 is 22.7 Å². The number of hydrogen-bond acceptors (Lipinski definition) is 2. The van der Waals surface area contributed by atoms with Gasteiger partial charge in [0.25, 0.3) is 0 Å². The van der Waals surface area contributed by atoms with Gasteiger partial charge in [-0.3, -0.25) is 0 Å². The normalized spacial score (nSPS) is 12.8. The number of carbonyl (C=O) groups excluding carboxylic acids is 1. The van der Waals surface area contributed by atoms with Gasteiger partial charge in [-0.25, -0.2) is 4.79 Å². The van der Waals surface area contributed by atoms with Crippen molar-refractivity contribution in [2.75, 3.05) is 0 Å². The Morgan fingerprint density at radius 3 is 2.10 bits per heavy atom. The van der Waals surface area contributed by atoms with E-state index in [1.807, 2.05) is 0 Å². The minimum absolute atomic E-state index is 0.0730. The number of hydrogen-bond donors (Lipinski definition) is 0. The Morgan fingerprint density at radius 2 is 1.57 bits per heavy atom. The average molecular weight is 359 g/mol. The molecule has 6 heteroatoms. The zero-order chi connectivity index (χ0) is 15.5. The first-order valence-electron chi connectivity index (χ1n) is 5.96. The van der Waals surface area contributed by atoms with E-state index in [0.29, 0.717) is 4.47 Å². The molecule has 1 unspecified atom stereocenters. The van der Waals surface area contributed by atoms with Gasteiger partial charge in [0.2, 0.25) is 6.10 Å². The van der Waals surface area contributed by atoms with E-state index in [0.717, 1.165) is 0 Å². The first kappa shape index (κ1) is 15.6. The Hall–Kier alpha value is -1.82. The minimum atomic E-state index is -4.68. The predicted octanol–water partition coefficient (Wildman–Crippen LogP) is 4.91. The maximum atomic E-state index is 13.1. The van der Waals surface area contributed by atoms with E-state index in [1.54, 1.807) is 18.2 Å². The van der Waals surface area contributed by atoms with Crippen LogP contribution < -0.4 is 0 Å². The van der Waals surface area contributed by atoms with Gasteiger partial charge in [-0.2, -0.15) is 13.2 Å². The topological polar surface area (TPSA) is 26.3 Å². The number of halogens is 4. The highest BCUT2D eigenvalue weighted by molar-refractivity contribution is 9.10. The molecule has 110 valence electrons. The minimum Gasteiger partial charge on any atom is -0.444 e. The second kappa shape index (κ2) is 6.30. The molecular weight excluding hydrogens is 349 g/mol. The molecule has 0 aliphatic carbocycles. The van der Waals surface area contributed by atoms with Crippen LogP contribution >= 0.6 is 15.9 Å². The molecule has 0 saturated carbocycles. The largest absolute Gasteiger partial charge is 0.444 e. The van der Waals surface area contributed by atoms with Gasteiger partial charge in [-0.15, -0.1) is 0 Å². The Kier molecular flexibility index (Phi) is 4.67. The van der Waals surface area contributed by atoms with Crippen LogP contribution in [0.5, 0.6) is 0 Å². The van der Waals surface area contributed by atoms with Crippen LogP contribution in [0.25, 0.3) is 0 Å². The molecule has 0 fully saturated rings. The van der Waals surface area contributed by atoms with Crippen molar-refractivity contribution in [3.05, 3.63) is 70.2 Å². The van der Waals surface area contributed by atoms with Gasteiger partial charge in [0, 0.05) is 10.0 Å². The number of ether oxygens (including phenoxy) is 1. The van der Waals surface area contributed by atoms with Crippen molar-refractivity contribution in [1.82, 2.24) is 0 Å². The van der Waals surface area contributed by atoms with Crippen LogP contribution in [0.3, 0.4) is 0 Å². The molecule has 0 aromatic heterocycles. The summed E-state index contributed by atoms with van der Waals surface area (Å²) in [6, 6.07) is 13.0. The molecule has 1 atom stereocenters. The molecule has 0 heterocycles. The summed E-state index contributed by atoms with van der Waals surface area (Å²) in [6.07, 6.45) is -6.98. The van der Waals surface area contributed by atoms with Gasteiger partial charge < -0.3 is 4.74 Å². The van der Waals surface area contributed by atoms with E-state index in [1.165, 1.54) is 36.4 Å². The maximum absolute atomic E-state index is 13.1. The molecule has 2 rings (SSSR count). The van der Waals surface area contributed by atoms with Gasteiger partial charge in [0.1, 0.15) is 0 Å². The number of benzene rings is 2. The molecule has 0 amide bonds. The predicted molar refractivity (Wildman–Crippen MR) is 74.8 cm³/mol. The van der Waals surface area contributed by atoms with Crippen molar-refractivity contribution >= 4 is 21.9 Å². The van der Waals surface area contributed by atoms with Gasteiger partial charge >= 0.3 is 12.1 Å². The summed E-state index contributed by atoms with van der Waals surface area (Å²) in [7, 11) is 0. The van der Waals surface area contributed by atoms with Crippen molar-refractivity contribution in [3.63, 3.8) is 0 Å². The SMILES string of the molecule is O=C(OC(c1ccc(Br)cc1)C(F)(F)F)c1ccccc1. The highest BCUT2D eigenvalue weighted by Gasteiger charge is 2.44. The third-order valence-corrected chi connectivity index (χ3v) is 3.23. The molecule has 0 spiro atoms. The number of esters is 1. The Labute approximate surface area is 127 Å². The van der Waals surface area contributed by atoms with Crippen LogP contribution in [-0.4, -0.2) is 12.1 Å².